The minimum Gasteiger partial charge on any atom is -0.494 e. The SMILES string of the molecule is COc1ccc(Cl)c2sc(NNC(=O)c3ccccc3F)nc12. The molecule has 0 saturated heterocycles. The van der Waals surface area contributed by atoms with Crippen LogP contribution in [0, 0.1) is 5.82 Å². The van der Waals surface area contributed by atoms with Gasteiger partial charge in [0.2, 0.25) is 5.13 Å². The summed E-state index contributed by atoms with van der Waals surface area (Å²) < 4.78 is 19.5. The molecule has 2 aromatic carbocycles. The van der Waals surface area contributed by atoms with Gasteiger partial charge in [-0.15, -0.1) is 0 Å². The van der Waals surface area contributed by atoms with Crippen LogP contribution in [0.25, 0.3) is 10.2 Å². The highest BCUT2D eigenvalue weighted by Gasteiger charge is 2.14. The lowest BCUT2D eigenvalue weighted by Gasteiger charge is -2.05. The van der Waals surface area contributed by atoms with Gasteiger partial charge in [0.15, 0.2) is 0 Å². The minimum absolute atomic E-state index is 0.0586. The maximum Gasteiger partial charge on any atom is 0.272 e. The number of methoxy groups -OCH3 is 1. The normalized spacial score (nSPS) is 10.6. The molecule has 0 spiro atoms. The van der Waals surface area contributed by atoms with Crippen LogP contribution >= 0.6 is 22.9 Å². The first kappa shape index (κ1) is 15.5. The first-order chi connectivity index (χ1) is 11.1. The van der Waals surface area contributed by atoms with Crippen LogP contribution in [0.5, 0.6) is 5.75 Å². The highest BCUT2D eigenvalue weighted by atomic mass is 35.5. The predicted octanol–water partition coefficient (Wildman–Crippen LogP) is 3.85. The number of hydrogen-bond acceptors (Lipinski definition) is 5. The molecule has 5 nitrogen and oxygen atoms in total. The zero-order valence-corrected chi connectivity index (χ0v) is 13.5. The number of carbonyl (C=O) groups excluding carboxylic acids is 1. The Labute approximate surface area is 140 Å². The Morgan fingerprint density at radius 2 is 2.09 bits per heavy atom. The van der Waals surface area contributed by atoms with E-state index >= 15 is 0 Å². The van der Waals surface area contributed by atoms with Crippen LogP contribution in [0.3, 0.4) is 0 Å². The average Bonchev–Trinajstić information content (AvgIpc) is 2.99. The standard InChI is InChI=1S/C15H11ClFN3O2S/c1-22-11-7-6-9(16)13-12(11)18-15(23-13)20-19-14(21)8-4-2-3-5-10(8)17/h2-7H,1H3,(H,18,20)(H,19,21). The number of aromatic nitrogens is 1. The lowest BCUT2D eigenvalue weighted by molar-refractivity contribution is 0.0958. The Morgan fingerprint density at radius 1 is 1.30 bits per heavy atom. The molecule has 0 radical (unpaired) electrons. The first-order valence-electron chi connectivity index (χ1n) is 6.54. The number of thiazole rings is 1. The number of hydrazine groups is 1. The molecule has 0 atom stereocenters. The number of halogens is 2. The molecule has 1 aromatic heterocycles. The van der Waals surface area contributed by atoms with E-state index in [1.807, 2.05) is 0 Å². The molecule has 8 heteroatoms. The van der Waals surface area contributed by atoms with Crippen LogP contribution in [-0.2, 0) is 0 Å². The molecular formula is C15H11ClFN3O2S. The molecule has 1 heterocycles. The van der Waals surface area contributed by atoms with Crippen molar-refractivity contribution in [2.24, 2.45) is 0 Å². The van der Waals surface area contributed by atoms with Crippen molar-refractivity contribution in [1.82, 2.24) is 10.4 Å². The molecule has 2 N–H and O–H groups in total. The van der Waals surface area contributed by atoms with Gasteiger partial charge in [0.05, 0.1) is 22.4 Å². The summed E-state index contributed by atoms with van der Waals surface area (Å²) in [7, 11) is 1.54. The van der Waals surface area contributed by atoms with Crippen molar-refractivity contribution in [2.75, 3.05) is 12.5 Å². The number of benzene rings is 2. The maximum atomic E-state index is 13.5. The summed E-state index contributed by atoms with van der Waals surface area (Å²) in [6.45, 7) is 0. The summed E-state index contributed by atoms with van der Waals surface area (Å²) in [6.07, 6.45) is 0. The Balaban J connectivity index is 1.81. The molecular weight excluding hydrogens is 341 g/mol. The Morgan fingerprint density at radius 3 is 2.83 bits per heavy atom. The van der Waals surface area contributed by atoms with E-state index in [4.69, 9.17) is 16.3 Å². The van der Waals surface area contributed by atoms with Gasteiger partial charge in [0, 0.05) is 0 Å². The number of nitrogens with one attached hydrogen (secondary N) is 2. The molecule has 0 bridgehead atoms. The van der Waals surface area contributed by atoms with Gasteiger partial charge in [-0.05, 0) is 24.3 Å². The van der Waals surface area contributed by atoms with Crippen molar-refractivity contribution in [2.45, 2.75) is 0 Å². The summed E-state index contributed by atoms with van der Waals surface area (Å²) in [5.74, 6) is -0.615. The predicted molar refractivity (Wildman–Crippen MR) is 88.7 cm³/mol. The van der Waals surface area contributed by atoms with Crippen molar-refractivity contribution in [3.05, 3.63) is 52.8 Å². The molecule has 0 aliphatic rings. The summed E-state index contributed by atoms with van der Waals surface area (Å²) in [6, 6.07) is 9.14. The van der Waals surface area contributed by atoms with E-state index in [1.165, 1.54) is 36.6 Å². The largest absolute Gasteiger partial charge is 0.494 e. The van der Waals surface area contributed by atoms with E-state index in [-0.39, 0.29) is 5.56 Å². The van der Waals surface area contributed by atoms with Gasteiger partial charge in [0.25, 0.3) is 5.91 Å². The number of fused-ring (bicyclic) bond motifs is 1. The second-order valence-corrected chi connectivity index (χ2v) is 5.91. The fourth-order valence-corrected chi connectivity index (χ4v) is 3.10. The zero-order chi connectivity index (χ0) is 16.4. The highest BCUT2D eigenvalue weighted by Crippen LogP contribution is 2.37. The van der Waals surface area contributed by atoms with Gasteiger partial charge in [-0.3, -0.25) is 15.6 Å². The van der Waals surface area contributed by atoms with Crippen LogP contribution in [-0.4, -0.2) is 18.0 Å². The third kappa shape index (κ3) is 3.06. The summed E-state index contributed by atoms with van der Waals surface area (Å²) in [5, 5.41) is 0.947. The lowest BCUT2D eigenvalue weighted by Crippen LogP contribution is -2.29. The first-order valence-corrected chi connectivity index (χ1v) is 7.73. The van der Waals surface area contributed by atoms with Crippen molar-refractivity contribution >= 4 is 44.2 Å². The number of nitrogens with zero attached hydrogens (tertiary/aromatic N) is 1. The average molecular weight is 352 g/mol. The monoisotopic (exact) mass is 351 g/mol. The van der Waals surface area contributed by atoms with Gasteiger partial charge in [0.1, 0.15) is 17.1 Å². The van der Waals surface area contributed by atoms with Crippen LogP contribution < -0.4 is 15.6 Å². The third-order valence-corrected chi connectivity index (χ3v) is 4.51. The van der Waals surface area contributed by atoms with Gasteiger partial charge in [-0.1, -0.05) is 35.1 Å². The van der Waals surface area contributed by atoms with Gasteiger partial charge >= 0.3 is 0 Å². The van der Waals surface area contributed by atoms with Gasteiger partial charge in [-0.2, -0.15) is 0 Å². The third-order valence-electron chi connectivity index (χ3n) is 3.08. The van der Waals surface area contributed by atoms with E-state index < -0.39 is 11.7 Å². The molecule has 0 saturated carbocycles. The van der Waals surface area contributed by atoms with E-state index in [9.17, 15) is 9.18 Å². The van der Waals surface area contributed by atoms with E-state index in [2.05, 4.69) is 15.8 Å². The lowest BCUT2D eigenvalue weighted by atomic mass is 10.2. The Bertz CT molecular complexity index is 884. The van der Waals surface area contributed by atoms with Gasteiger partial charge in [-0.25, -0.2) is 9.37 Å². The van der Waals surface area contributed by atoms with E-state index in [0.29, 0.717) is 21.4 Å². The molecule has 0 fully saturated rings. The number of rotatable bonds is 4. The second kappa shape index (κ2) is 6.39. The summed E-state index contributed by atoms with van der Waals surface area (Å²) in [4.78, 5) is 16.3. The fourth-order valence-electron chi connectivity index (χ4n) is 1.99. The molecule has 0 unspecified atom stereocenters. The van der Waals surface area contributed by atoms with Crippen LogP contribution in [0.15, 0.2) is 36.4 Å². The molecule has 118 valence electrons. The fraction of sp³-hybridized carbons (Fsp3) is 0.0667. The Hall–Kier alpha value is -2.38. The molecule has 3 rings (SSSR count). The molecule has 0 aliphatic carbocycles. The number of hydrogen-bond donors (Lipinski definition) is 2. The summed E-state index contributed by atoms with van der Waals surface area (Å²) in [5.41, 5.74) is 5.61. The van der Waals surface area contributed by atoms with Crippen molar-refractivity contribution in [3.63, 3.8) is 0 Å². The van der Waals surface area contributed by atoms with Crippen LogP contribution in [0.2, 0.25) is 5.02 Å². The molecule has 3 aromatic rings. The quantitative estimate of drug-likeness (QED) is 0.701. The molecule has 0 aliphatic heterocycles. The zero-order valence-electron chi connectivity index (χ0n) is 11.9. The van der Waals surface area contributed by atoms with Crippen molar-refractivity contribution in [3.8, 4) is 5.75 Å². The van der Waals surface area contributed by atoms with Crippen molar-refractivity contribution in [1.29, 1.82) is 0 Å². The van der Waals surface area contributed by atoms with E-state index in [1.54, 1.807) is 18.2 Å². The number of carbonyl (C=O) groups is 1. The van der Waals surface area contributed by atoms with Gasteiger partial charge < -0.3 is 4.74 Å². The highest BCUT2D eigenvalue weighted by molar-refractivity contribution is 7.22. The number of anilines is 1. The van der Waals surface area contributed by atoms with Crippen LogP contribution in [0.1, 0.15) is 10.4 Å². The number of amides is 1. The second-order valence-electron chi connectivity index (χ2n) is 4.51. The Kier molecular flexibility index (Phi) is 4.31. The molecule has 1 amide bonds. The van der Waals surface area contributed by atoms with Crippen molar-refractivity contribution < 1.29 is 13.9 Å². The topological polar surface area (TPSA) is 63.2 Å². The summed E-state index contributed by atoms with van der Waals surface area (Å²) >= 11 is 7.38. The maximum absolute atomic E-state index is 13.5. The molecule has 23 heavy (non-hydrogen) atoms. The number of ether oxygens (including phenoxy) is 1. The smallest absolute Gasteiger partial charge is 0.272 e. The van der Waals surface area contributed by atoms with E-state index in [0.717, 1.165) is 4.70 Å². The van der Waals surface area contributed by atoms with Crippen LogP contribution in [0.4, 0.5) is 9.52 Å². The minimum atomic E-state index is -0.597.